The average molecular weight is 382 g/mol. The topological polar surface area (TPSA) is 21.7 Å². The Kier molecular flexibility index (Phi) is 10.4. The van der Waals surface area contributed by atoms with Crippen LogP contribution in [-0.2, 0) is 8.85 Å². The van der Waals surface area contributed by atoms with E-state index in [1.54, 1.807) is 14.2 Å². The van der Waals surface area contributed by atoms with E-state index in [9.17, 15) is 0 Å². The van der Waals surface area contributed by atoms with E-state index >= 15 is 0 Å². The molecule has 0 saturated carbocycles. The molecular weight excluding hydrogens is 342 g/mol. The molecule has 0 unspecified atom stereocenters. The second-order valence-electron chi connectivity index (χ2n) is 8.10. The molecule has 0 N–H and O–H groups in total. The highest BCUT2D eigenvalue weighted by molar-refractivity contribution is 7.99. The Morgan fingerprint density at radius 2 is 1.23 bits per heavy atom. The van der Waals surface area contributed by atoms with Crippen LogP contribution in [0.4, 0.5) is 0 Å². The van der Waals surface area contributed by atoms with Crippen LogP contribution in [0.1, 0.15) is 12.8 Å². The highest BCUT2D eigenvalue weighted by Crippen LogP contribution is 2.21. The summed E-state index contributed by atoms with van der Waals surface area (Å²) < 4.78 is 14.0. The van der Waals surface area contributed by atoms with Gasteiger partial charge in [0.1, 0.15) is 16.5 Å². The zero-order valence-electron chi connectivity index (χ0n) is 16.4. The van der Waals surface area contributed by atoms with Crippen LogP contribution >= 0.6 is 11.8 Å². The van der Waals surface area contributed by atoms with Crippen LogP contribution < -0.4 is 0 Å². The summed E-state index contributed by atoms with van der Waals surface area (Å²) in [7, 11) is -0.628. The van der Waals surface area contributed by atoms with Crippen molar-refractivity contribution in [1.29, 1.82) is 0 Å². The number of rotatable bonds is 12. The van der Waals surface area contributed by atoms with E-state index < -0.39 is 25.0 Å². The maximum absolute atomic E-state index is 5.53. The largest absolute Gasteiger partial charge is 0.398 e. The molecule has 0 aromatic carbocycles. The third kappa shape index (κ3) is 9.24. The summed E-state index contributed by atoms with van der Waals surface area (Å²) in [6, 6.07) is 1.10. The minimum atomic E-state index is -1.84. The van der Waals surface area contributed by atoms with Gasteiger partial charge in [-0.15, -0.1) is 0 Å². The van der Waals surface area contributed by atoms with Crippen LogP contribution in [-0.4, -0.2) is 61.5 Å². The summed E-state index contributed by atoms with van der Waals surface area (Å²) in [6.07, 6.45) is 2.53. The van der Waals surface area contributed by atoms with Crippen molar-refractivity contribution in [2.24, 2.45) is 0 Å². The van der Waals surface area contributed by atoms with Gasteiger partial charge >= 0.3 is 8.56 Å². The highest BCUT2D eigenvalue weighted by Gasteiger charge is 2.33. The van der Waals surface area contributed by atoms with Crippen molar-refractivity contribution in [3.05, 3.63) is 0 Å². The summed E-state index contributed by atoms with van der Waals surface area (Å²) in [5.41, 5.74) is 0. The molecule has 0 rings (SSSR count). The number of hydrogen-bond donors (Lipinski definition) is 0. The van der Waals surface area contributed by atoms with Crippen molar-refractivity contribution in [2.45, 2.75) is 64.7 Å². The lowest BCUT2D eigenvalue weighted by Gasteiger charge is -2.43. The summed E-state index contributed by atoms with van der Waals surface area (Å²) in [5, 5.41) is 0. The molecule has 0 aliphatic carbocycles. The van der Waals surface area contributed by atoms with Gasteiger partial charge in [-0.05, 0) is 43.5 Å². The number of hydrogen-bond acceptors (Lipinski definition) is 4. The molecule has 0 heterocycles. The SMILES string of the molecule is CO[Si](C)(CCCSCCCN([Si](C)(C)C)[Si](C)(C)C)OC. The number of thioether (sulfide) groups is 1. The standard InChI is InChI=1S/C15H39NO2SSi3/c1-17-22(9,18-2)15-11-14-19-13-10-12-16(20(3,4)5)21(6,7)8/h10-15H2,1-9H3. The second kappa shape index (κ2) is 10.0. The Balaban J connectivity index is 3.93. The van der Waals surface area contributed by atoms with E-state index in [4.69, 9.17) is 8.85 Å². The fraction of sp³-hybridized carbons (Fsp3) is 1.00. The van der Waals surface area contributed by atoms with Gasteiger partial charge in [0.2, 0.25) is 0 Å². The minimum Gasteiger partial charge on any atom is -0.398 e. The Morgan fingerprint density at radius 1 is 0.773 bits per heavy atom. The van der Waals surface area contributed by atoms with Crippen molar-refractivity contribution in [3.8, 4) is 0 Å². The molecule has 134 valence electrons. The predicted octanol–water partition coefficient (Wildman–Crippen LogP) is 4.84. The molecular formula is C15H39NO2SSi3. The second-order valence-corrected chi connectivity index (χ2v) is 23.1. The molecule has 0 amide bonds. The lowest BCUT2D eigenvalue weighted by atomic mass is 10.5. The monoisotopic (exact) mass is 381 g/mol. The Bertz CT molecular complexity index is 288. The van der Waals surface area contributed by atoms with Crippen LogP contribution in [0.3, 0.4) is 0 Å². The van der Waals surface area contributed by atoms with Gasteiger partial charge in [0, 0.05) is 14.2 Å². The average Bonchev–Trinajstić information content (AvgIpc) is 2.38. The first-order valence-electron chi connectivity index (χ1n) is 8.42. The summed E-state index contributed by atoms with van der Waals surface area (Å²) in [4.78, 5) is 0. The zero-order chi connectivity index (χ0) is 17.4. The maximum Gasteiger partial charge on any atom is 0.334 e. The van der Waals surface area contributed by atoms with E-state index in [0.29, 0.717) is 0 Å². The summed E-state index contributed by atoms with van der Waals surface area (Å²) >= 11 is 2.09. The maximum atomic E-state index is 5.53. The van der Waals surface area contributed by atoms with Crippen LogP contribution in [0.15, 0.2) is 0 Å². The van der Waals surface area contributed by atoms with Crippen molar-refractivity contribution in [2.75, 3.05) is 32.3 Å². The minimum absolute atomic E-state index is 1.10. The lowest BCUT2D eigenvalue weighted by molar-refractivity contribution is 0.249. The van der Waals surface area contributed by atoms with Gasteiger partial charge in [0.15, 0.2) is 0 Å². The van der Waals surface area contributed by atoms with Gasteiger partial charge in [-0.2, -0.15) is 11.8 Å². The predicted molar refractivity (Wildman–Crippen MR) is 110 cm³/mol. The third-order valence-corrected chi connectivity index (χ3v) is 15.9. The first-order chi connectivity index (χ1) is 9.96. The molecule has 22 heavy (non-hydrogen) atoms. The first-order valence-corrected chi connectivity index (χ1v) is 19.0. The first kappa shape index (κ1) is 22.9. The van der Waals surface area contributed by atoms with E-state index in [2.05, 4.69) is 61.8 Å². The molecule has 7 heteroatoms. The molecule has 0 aliphatic rings. The Labute approximate surface area is 147 Å². The van der Waals surface area contributed by atoms with Crippen molar-refractivity contribution in [1.82, 2.24) is 4.23 Å². The summed E-state index contributed by atoms with van der Waals surface area (Å²) in [6.45, 7) is 18.4. The van der Waals surface area contributed by atoms with Crippen molar-refractivity contribution >= 4 is 36.8 Å². The van der Waals surface area contributed by atoms with Gasteiger partial charge in [-0.25, -0.2) is 0 Å². The van der Waals surface area contributed by atoms with Crippen LogP contribution in [0.5, 0.6) is 0 Å². The molecule has 0 saturated heterocycles. The molecule has 0 aromatic rings. The zero-order valence-corrected chi connectivity index (χ0v) is 20.2. The van der Waals surface area contributed by atoms with Crippen molar-refractivity contribution in [3.63, 3.8) is 0 Å². The summed E-state index contributed by atoms with van der Waals surface area (Å²) in [5.74, 6) is 2.51. The van der Waals surface area contributed by atoms with E-state index in [1.807, 2.05) is 0 Å². The lowest BCUT2D eigenvalue weighted by Crippen LogP contribution is -2.59. The highest BCUT2D eigenvalue weighted by atomic mass is 32.2. The molecule has 0 aliphatic heterocycles. The van der Waals surface area contributed by atoms with Gasteiger partial charge in [-0.1, -0.05) is 39.3 Å². The van der Waals surface area contributed by atoms with Crippen LogP contribution in [0, 0.1) is 0 Å². The Hall–Kier alpha value is 0.881. The van der Waals surface area contributed by atoms with Gasteiger partial charge < -0.3 is 13.1 Å². The third-order valence-electron chi connectivity index (χ3n) is 4.07. The quantitative estimate of drug-likeness (QED) is 0.356. The molecule has 3 nitrogen and oxygen atoms in total. The van der Waals surface area contributed by atoms with Gasteiger partial charge in [0.25, 0.3) is 0 Å². The molecule has 0 radical (unpaired) electrons. The normalized spacial score (nSPS) is 13.9. The Morgan fingerprint density at radius 3 is 1.64 bits per heavy atom. The fourth-order valence-corrected chi connectivity index (χ4v) is 15.1. The molecule has 0 fully saturated rings. The fourth-order valence-electron chi connectivity index (χ4n) is 2.89. The number of nitrogens with zero attached hydrogens (tertiary/aromatic N) is 1. The smallest absolute Gasteiger partial charge is 0.334 e. The molecule has 0 atom stereocenters. The van der Waals surface area contributed by atoms with Crippen LogP contribution in [0.2, 0.25) is 51.9 Å². The van der Waals surface area contributed by atoms with Gasteiger partial charge in [-0.3, -0.25) is 0 Å². The van der Waals surface area contributed by atoms with E-state index in [1.165, 1.54) is 30.9 Å². The van der Waals surface area contributed by atoms with Crippen molar-refractivity contribution < 1.29 is 8.85 Å². The van der Waals surface area contributed by atoms with E-state index in [-0.39, 0.29) is 0 Å². The van der Waals surface area contributed by atoms with E-state index in [0.717, 1.165) is 6.04 Å². The molecule has 0 aromatic heterocycles. The molecule has 0 bridgehead atoms. The van der Waals surface area contributed by atoms with Crippen LogP contribution in [0.25, 0.3) is 0 Å². The molecule has 0 spiro atoms. The van der Waals surface area contributed by atoms with Gasteiger partial charge in [0.05, 0.1) is 0 Å².